The second-order valence-corrected chi connectivity index (χ2v) is 5.96. The summed E-state index contributed by atoms with van der Waals surface area (Å²) in [6.07, 6.45) is -0.664. The van der Waals surface area contributed by atoms with Gasteiger partial charge in [-0.2, -0.15) is 0 Å². The molecular weight excluding hydrogens is 280 g/mol. The third-order valence-corrected chi connectivity index (χ3v) is 3.83. The van der Waals surface area contributed by atoms with Gasteiger partial charge in [0.25, 0.3) is 0 Å². The van der Waals surface area contributed by atoms with E-state index in [0.717, 1.165) is 0 Å². The van der Waals surface area contributed by atoms with E-state index in [1.54, 1.807) is 12.1 Å². The highest BCUT2D eigenvalue weighted by Crippen LogP contribution is 2.32. The summed E-state index contributed by atoms with van der Waals surface area (Å²) in [4.78, 5) is 12.1. The Hall–Kier alpha value is -1.83. The minimum absolute atomic E-state index is 0.0628. The molecule has 0 aromatic heterocycles. The lowest BCUT2D eigenvalue weighted by atomic mass is 10.0. The Bertz CT molecular complexity index is 584. The molecule has 2 aliphatic heterocycles. The number of carbonyl (C=O) groups excluding carboxylic acids is 1. The van der Waals surface area contributed by atoms with E-state index in [1.807, 2.05) is 18.2 Å². The largest absolute Gasteiger partial charge is 0.453 e. The molecule has 1 aromatic rings. The van der Waals surface area contributed by atoms with Gasteiger partial charge in [0.2, 0.25) is 0 Å². The highest BCUT2D eigenvalue weighted by molar-refractivity contribution is 5.89. The average molecular weight is 300 g/mol. The van der Waals surface area contributed by atoms with Crippen molar-refractivity contribution in [3.8, 4) is 11.8 Å². The second-order valence-electron chi connectivity index (χ2n) is 5.96. The van der Waals surface area contributed by atoms with E-state index in [0.29, 0.717) is 24.7 Å². The van der Waals surface area contributed by atoms with Crippen molar-refractivity contribution in [3.05, 3.63) is 35.9 Å². The lowest BCUT2D eigenvalue weighted by Gasteiger charge is -2.16. The maximum atomic E-state index is 12.1. The SMILES string of the molecule is CC(C)C#CC1COC2C(OC(=O)c3ccccc3)COC12. The average Bonchev–Trinajstić information content (AvgIpc) is 3.09. The van der Waals surface area contributed by atoms with Gasteiger partial charge in [0.05, 0.1) is 24.7 Å². The van der Waals surface area contributed by atoms with E-state index in [2.05, 4.69) is 25.7 Å². The van der Waals surface area contributed by atoms with Crippen LogP contribution in [0.5, 0.6) is 0 Å². The standard InChI is InChI=1S/C18H20O4/c1-12(2)8-9-14-10-20-17-15(11-21-16(14)17)22-18(19)13-6-4-3-5-7-13/h3-7,12,14-17H,10-11H2,1-2H3. The second kappa shape index (κ2) is 6.51. The molecule has 2 aliphatic rings. The topological polar surface area (TPSA) is 44.8 Å². The summed E-state index contributed by atoms with van der Waals surface area (Å²) in [5, 5.41) is 0. The van der Waals surface area contributed by atoms with E-state index in [1.165, 1.54) is 0 Å². The molecule has 0 spiro atoms. The van der Waals surface area contributed by atoms with Gasteiger partial charge in [0.1, 0.15) is 12.2 Å². The molecule has 22 heavy (non-hydrogen) atoms. The molecule has 2 fully saturated rings. The van der Waals surface area contributed by atoms with Crippen LogP contribution in [-0.4, -0.2) is 37.5 Å². The van der Waals surface area contributed by atoms with Gasteiger partial charge in [0.15, 0.2) is 6.10 Å². The molecule has 0 N–H and O–H groups in total. The molecule has 0 radical (unpaired) electrons. The highest BCUT2D eigenvalue weighted by atomic mass is 16.6. The van der Waals surface area contributed by atoms with Crippen molar-refractivity contribution in [2.24, 2.45) is 11.8 Å². The van der Waals surface area contributed by atoms with Gasteiger partial charge in [0, 0.05) is 5.92 Å². The van der Waals surface area contributed by atoms with Gasteiger partial charge in [-0.15, -0.1) is 5.92 Å². The zero-order valence-corrected chi connectivity index (χ0v) is 12.8. The van der Waals surface area contributed by atoms with E-state index < -0.39 is 0 Å². The van der Waals surface area contributed by atoms with Gasteiger partial charge in [-0.25, -0.2) is 4.79 Å². The first-order valence-corrected chi connectivity index (χ1v) is 7.65. The highest BCUT2D eigenvalue weighted by Gasteiger charge is 2.49. The Labute approximate surface area is 130 Å². The summed E-state index contributed by atoms with van der Waals surface area (Å²) in [5.74, 6) is 6.43. The van der Waals surface area contributed by atoms with Crippen LogP contribution >= 0.6 is 0 Å². The minimum atomic E-state index is -0.358. The Morgan fingerprint density at radius 1 is 1.18 bits per heavy atom. The molecule has 1 aromatic carbocycles. The monoisotopic (exact) mass is 300 g/mol. The fourth-order valence-electron chi connectivity index (χ4n) is 2.74. The third-order valence-electron chi connectivity index (χ3n) is 3.83. The van der Waals surface area contributed by atoms with Crippen LogP contribution in [0.3, 0.4) is 0 Å². The number of ether oxygens (including phenoxy) is 3. The molecule has 4 nitrogen and oxygen atoms in total. The molecular formula is C18H20O4. The van der Waals surface area contributed by atoms with Crippen LogP contribution in [0, 0.1) is 23.7 Å². The number of rotatable bonds is 2. The minimum Gasteiger partial charge on any atom is -0.453 e. The van der Waals surface area contributed by atoms with Gasteiger partial charge >= 0.3 is 5.97 Å². The predicted molar refractivity (Wildman–Crippen MR) is 81.2 cm³/mol. The summed E-state index contributed by atoms with van der Waals surface area (Å²) in [6, 6.07) is 8.97. The van der Waals surface area contributed by atoms with Crippen LogP contribution in [0.15, 0.2) is 30.3 Å². The zero-order chi connectivity index (χ0) is 15.5. The Morgan fingerprint density at radius 3 is 2.64 bits per heavy atom. The number of hydrogen-bond donors (Lipinski definition) is 0. The van der Waals surface area contributed by atoms with Gasteiger partial charge in [-0.05, 0) is 12.1 Å². The van der Waals surface area contributed by atoms with E-state index in [4.69, 9.17) is 14.2 Å². The molecule has 2 saturated heterocycles. The number of fused-ring (bicyclic) bond motifs is 1. The lowest BCUT2D eigenvalue weighted by molar-refractivity contribution is -0.0154. The number of hydrogen-bond acceptors (Lipinski definition) is 4. The van der Waals surface area contributed by atoms with E-state index >= 15 is 0 Å². The summed E-state index contributed by atoms with van der Waals surface area (Å²) < 4.78 is 17.1. The van der Waals surface area contributed by atoms with Crippen LogP contribution < -0.4 is 0 Å². The number of benzene rings is 1. The molecule has 0 amide bonds. The summed E-state index contributed by atoms with van der Waals surface area (Å²) in [7, 11) is 0. The van der Waals surface area contributed by atoms with Crippen molar-refractivity contribution in [2.45, 2.75) is 32.2 Å². The molecule has 0 saturated carbocycles. The van der Waals surface area contributed by atoms with Gasteiger partial charge < -0.3 is 14.2 Å². The van der Waals surface area contributed by atoms with Crippen LogP contribution in [0.4, 0.5) is 0 Å². The lowest BCUT2D eigenvalue weighted by Crippen LogP contribution is -2.33. The van der Waals surface area contributed by atoms with Crippen LogP contribution in [-0.2, 0) is 14.2 Å². The number of carbonyl (C=O) groups is 1. The zero-order valence-electron chi connectivity index (χ0n) is 12.8. The van der Waals surface area contributed by atoms with Crippen molar-refractivity contribution in [1.29, 1.82) is 0 Å². The van der Waals surface area contributed by atoms with Crippen molar-refractivity contribution >= 4 is 5.97 Å². The first-order valence-electron chi connectivity index (χ1n) is 7.65. The van der Waals surface area contributed by atoms with Crippen molar-refractivity contribution in [1.82, 2.24) is 0 Å². The number of esters is 1. The van der Waals surface area contributed by atoms with Gasteiger partial charge in [-0.1, -0.05) is 38.0 Å². The molecule has 4 heteroatoms. The summed E-state index contributed by atoms with van der Waals surface area (Å²) in [6.45, 7) is 5.02. The summed E-state index contributed by atoms with van der Waals surface area (Å²) in [5.41, 5.74) is 0.542. The van der Waals surface area contributed by atoms with Gasteiger partial charge in [-0.3, -0.25) is 0 Å². The first kappa shape index (κ1) is 15.1. The smallest absolute Gasteiger partial charge is 0.338 e. The Balaban J connectivity index is 1.62. The maximum absolute atomic E-state index is 12.1. The summed E-state index contributed by atoms with van der Waals surface area (Å²) >= 11 is 0. The molecule has 0 bridgehead atoms. The first-order chi connectivity index (χ1) is 10.6. The quantitative estimate of drug-likeness (QED) is 0.621. The van der Waals surface area contributed by atoms with Crippen molar-refractivity contribution in [2.75, 3.05) is 13.2 Å². The molecule has 2 heterocycles. The Morgan fingerprint density at radius 2 is 1.91 bits per heavy atom. The van der Waals surface area contributed by atoms with Crippen molar-refractivity contribution < 1.29 is 19.0 Å². The Kier molecular flexibility index (Phi) is 4.47. The molecule has 3 rings (SSSR count). The van der Waals surface area contributed by atoms with Crippen LogP contribution in [0.2, 0.25) is 0 Å². The molecule has 0 aliphatic carbocycles. The van der Waals surface area contributed by atoms with E-state index in [-0.39, 0.29) is 30.2 Å². The van der Waals surface area contributed by atoms with Crippen molar-refractivity contribution in [3.63, 3.8) is 0 Å². The molecule has 4 atom stereocenters. The fraction of sp³-hybridized carbons (Fsp3) is 0.500. The molecule has 4 unspecified atom stereocenters. The normalized spacial score (nSPS) is 29.8. The fourth-order valence-corrected chi connectivity index (χ4v) is 2.74. The van der Waals surface area contributed by atoms with Crippen LogP contribution in [0.25, 0.3) is 0 Å². The van der Waals surface area contributed by atoms with Crippen LogP contribution in [0.1, 0.15) is 24.2 Å². The molecule has 116 valence electrons. The predicted octanol–water partition coefficient (Wildman–Crippen LogP) is 2.29. The maximum Gasteiger partial charge on any atom is 0.338 e. The third kappa shape index (κ3) is 3.16. The van der Waals surface area contributed by atoms with E-state index in [9.17, 15) is 4.79 Å².